The number of carbonyl (C=O) groups excluding carboxylic acids is 1. The Hall–Kier alpha value is -3.35. The summed E-state index contributed by atoms with van der Waals surface area (Å²) < 4.78 is 21.9. The van der Waals surface area contributed by atoms with Crippen LogP contribution in [0, 0.1) is 0 Å². The zero-order valence-corrected chi connectivity index (χ0v) is 19.5. The van der Waals surface area contributed by atoms with Crippen LogP contribution in [0.5, 0.6) is 11.5 Å². The molecule has 0 radical (unpaired) electrons. The van der Waals surface area contributed by atoms with Crippen LogP contribution in [0.25, 0.3) is 11.5 Å². The number of rotatable bonds is 8. The second-order valence-electron chi connectivity index (χ2n) is 8.94. The smallest absolute Gasteiger partial charge is 0.349 e. The van der Waals surface area contributed by atoms with Gasteiger partial charge in [0.25, 0.3) is 5.89 Å². The van der Waals surface area contributed by atoms with E-state index in [2.05, 4.69) is 43.0 Å². The molecule has 0 aliphatic heterocycles. The molecule has 2 aromatic carbocycles. The van der Waals surface area contributed by atoms with Crippen molar-refractivity contribution in [1.29, 1.82) is 0 Å². The maximum Gasteiger partial charge on any atom is 0.349 e. The maximum absolute atomic E-state index is 12.0. The van der Waals surface area contributed by atoms with Crippen LogP contribution in [0.1, 0.15) is 52.9 Å². The molecule has 7 heteroatoms. The van der Waals surface area contributed by atoms with E-state index in [1.165, 1.54) is 5.56 Å². The summed E-state index contributed by atoms with van der Waals surface area (Å²) in [7, 11) is 0. The largest absolute Gasteiger partial charge is 0.485 e. The first-order valence-corrected chi connectivity index (χ1v) is 10.6. The third-order valence-electron chi connectivity index (χ3n) is 4.80. The number of carbonyl (C=O) groups is 1. The Kier molecular flexibility index (Phi) is 6.87. The van der Waals surface area contributed by atoms with Gasteiger partial charge in [0.2, 0.25) is 5.82 Å². The molecule has 0 saturated heterocycles. The van der Waals surface area contributed by atoms with Crippen molar-refractivity contribution in [3.63, 3.8) is 0 Å². The predicted octanol–water partition coefficient (Wildman–Crippen LogP) is 5.33. The van der Waals surface area contributed by atoms with E-state index < -0.39 is 11.6 Å². The van der Waals surface area contributed by atoms with Gasteiger partial charge >= 0.3 is 5.97 Å². The van der Waals surface area contributed by atoms with Crippen LogP contribution in [0.2, 0.25) is 0 Å². The topological polar surface area (TPSA) is 83.7 Å². The first kappa shape index (κ1) is 23.3. The summed E-state index contributed by atoms with van der Waals surface area (Å²) in [6.45, 7) is 12.1. The molecule has 0 fully saturated rings. The van der Waals surface area contributed by atoms with Gasteiger partial charge in [-0.15, -0.1) is 0 Å². The highest BCUT2D eigenvalue weighted by Crippen LogP contribution is 2.26. The minimum Gasteiger partial charge on any atom is -0.485 e. The van der Waals surface area contributed by atoms with E-state index in [-0.39, 0.29) is 12.0 Å². The Balaban J connectivity index is 1.57. The van der Waals surface area contributed by atoms with Crippen molar-refractivity contribution in [2.24, 2.45) is 0 Å². The van der Waals surface area contributed by atoms with E-state index in [9.17, 15) is 4.79 Å². The van der Waals surface area contributed by atoms with Gasteiger partial charge in [-0.3, -0.25) is 0 Å². The molecule has 3 aromatic rings. The molecule has 170 valence electrons. The number of ether oxygens (including phenoxy) is 3. The van der Waals surface area contributed by atoms with Gasteiger partial charge in [0.1, 0.15) is 11.5 Å². The lowest BCUT2D eigenvalue weighted by Crippen LogP contribution is -2.39. The van der Waals surface area contributed by atoms with Crippen LogP contribution < -0.4 is 9.47 Å². The molecule has 0 aliphatic carbocycles. The molecule has 0 bridgehead atoms. The summed E-state index contributed by atoms with van der Waals surface area (Å²) in [5, 5.41) is 3.99. The molecular formula is C25H30N2O5. The van der Waals surface area contributed by atoms with E-state index in [0.29, 0.717) is 29.8 Å². The van der Waals surface area contributed by atoms with Gasteiger partial charge in [-0.05, 0) is 68.1 Å². The van der Waals surface area contributed by atoms with Crippen molar-refractivity contribution in [2.45, 2.75) is 59.2 Å². The fourth-order valence-corrected chi connectivity index (χ4v) is 2.94. The Morgan fingerprint density at radius 2 is 1.56 bits per heavy atom. The summed E-state index contributed by atoms with van der Waals surface area (Å²) in [4.78, 5) is 16.4. The van der Waals surface area contributed by atoms with Crippen molar-refractivity contribution in [3.8, 4) is 23.0 Å². The summed E-state index contributed by atoms with van der Waals surface area (Å²) in [5.74, 6) is 1.64. The monoisotopic (exact) mass is 438 g/mol. The minimum absolute atomic E-state index is 0.0848. The zero-order chi connectivity index (χ0) is 23.4. The highest BCUT2D eigenvalue weighted by Gasteiger charge is 2.31. The predicted molar refractivity (Wildman–Crippen MR) is 121 cm³/mol. The number of hydrogen-bond donors (Lipinski definition) is 0. The van der Waals surface area contributed by atoms with Crippen LogP contribution in [0.15, 0.2) is 53.1 Å². The quantitative estimate of drug-likeness (QED) is 0.439. The number of hydrogen-bond acceptors (Lipinski definition) is 7. The minimum atomic E-state index is -1.08. The summed E-state index contributed by atoms with van der Waals surface area (Å²) in [6, 6.07) is 15.1. The van der Waals surface area contributed by atoms with E-state index in [0.717, 1.165) is 5.56 Å². The molecule has 0 unspecified atom stereocenters. The van der Waals surface area contributed by atoms with E-state index in [4.69, 9.17) is 18.7 Å². The molecular weight excluding hydrogens is 408 g/mol. The lowest BCUT2D eigenvalue weighted by Gasteiger charge is -2.24. The molecule has 1 aromatic heterocycles. The third kappa shape index (κ3) is 5.87. The molecule has 32 heavy (non-hydrogen) atoms. The number of benzene rings is 2. The molecule has 0 saturated carbocycles. The lowest BCUT2D eigenvalue weighted by atomic mass is 9.87. The summed E-state index contributed by atoms with van der Waals surface area (Å²) in [5.41, 5.74) is 1.11. The number of aromatic nitrogens is 2. The van der Waals surface area contributed by atoms with Gasteiger partial charge in [0.05, 0.1) is 6.61 Å². The van der Waals surface area contributed by atoms with Crippen LogP contribution in [-0.2, 0) is 21.6 Å². The summed E-state index contributed by atoms with van der Waals surface area (Å²) in [6.07, 6.45) is 0. The molecule has 0 amide bonds. The highest BCUT2D eigenvalue weighted by molar-refractivity contribution is 5.79. The molecule has 1 heterocycles. The van der Waals surface area contributed by atoms with Crippen LogP contribution in [0.3, 0.4) is 0 Å². The fourth-order valence-electron chi connectivity index (χ4n) is 2.94. The van der Waals surface area contributed by atoms with Crippen LogP contribution >= 0.6 is 0 Å². The SMILES string of the molecule is CCOC(=O)C(C)(C)Oc1ccc(OCc2noc(-c3ccc(C(C)(C)C)cc3)n2)cc1. The van der Waals surface area contributed by atoms with Gasteiger partial charge in [0, 0.05) is 5.56 Å². The Morgan fingerprint density at radius 1 is 0.938 bits per heavy atom. The van der Waals surface area contributed by atoms with Crippen molar-refractivity contribution in [1.82, 2.24) is 10.1 Å². The van der Waals surface area contributed by atoms with Crippen LogP contribution in [0.4, 0.5) is 0 Å². The van der Waals surface area contributed by atoms with E-state index in [1.807, 2.05) is 12.1 Å². The lowest BCUT2D eigenvalue weighted by molar-refractivity contribution is -0.158. The standard InChI is InChI=1S/C25H30N2O5/c1-7-29-23(28)25(5,6)31-20-14-12-19(13-15-20)30-16-21-26-22(32-27-21)17-8-10-18(11-9-17)24(2,3)4/h8-15H,7,16H2,1-6H3. The maximum atomic E-state index is 12.0. The highest BCUT2D eigenvalue weighted by atomic mass is 16.6. The molecule has 0 spiro atoms. The van der Waals surface area contributed by atoms with Gasteiger partial charge in [-0.25, -0.2) is 4.79 Å². The second kappa shape index (κ2) is 9.42. The van der Waals surface area contributed by atoms with Crippen molar-refractivity contribution >= 4 is 5.97 Å². The average molecular weight is 439 g/mol. The summed E-state index contributed by atoms with van der Waals surface area (Å²) >= 11 is 0. The third-order valence-corrected chi connectivity index (χ3v) is 4.80. The Bertz CT molecular complexity index is 1030. The average Bonchev–Trinajstić information content (AvgIpc) is 3.22. The van der Waals surface area contributed by atoms with Crippen LogP contribution in [-0.4, -0.2) is 28.3 Å². The molecule has 0 atom stereocenters. The van der Waals surface area contributed by atoms with Crippen molar-refractivity contribution in [3.05, 3.63) is 59.9 Å². The number of nitrogens with zero attached hydrogens (tertiary/aromatic N) is 2. The van der Waals surface area contributed by atoms with Crippen molar-refractivity contribution < 1.29 is 23.5 Å². The second-order valence-corrected chi connectivity index (χ2v) is 8.94. The molecule has 7 nitrogen and oxygen atoms in total. The van der Waals surface area contributed by atoms with Gasteiger partial charge in [-0.2, -0.15) is 4.98 Å². The zero-order valence-electron chi connectivity index (χ0n) is 19.5. The Labute approximate surface area is 188 Å². The Morgan fingerprint density at radius 3 is 2.16 bits per heavy atom. The normalized spacial score (nSPS) is 11.8. The van der Waals surface area contributed by atoms with E-state index >= 15 is 0 Å². The van der Waals surface area contributed by atoms with Gasteiger partial charge in [-0.1, -0.05) is 38.1 Å². The first-order valence-electron chi connectivity index (χ1n) is 10.6. The van der Waals surface area contributed by atoms with Gasteiger partial charge in [0.15, 0.2) is 12.2 Å². The molecule has 0 aliphatic rings. The number of esters is 1. The van der Waals surface area contributed by atoms with Crippen molar-refractivity contribution in [2.75, 3.05) is 6.61 Å². The first-order chi connectivity index (χ1) is 15.1. The van der Waals surface area contributed by atoms with E-state index in [1.54, 1.807) is 45.0 Å². The molecule has 3 rings (SSSR count). The fraction of sp³-hybridized carbons (Fsp3) is 0.400. The molecule has 0 N–H and O–H groups in total. The van der Waals surface area contributed by atoms with Gasteiger partial charge < -0.3 is 18.7 Å².